The number of nitrogens with one attached hydrogen (secondary N) is 1. The highest BCUT2D eigenvalue weighted by molar-refractivity contribution is 7.89. The van der Waals surface area contributed by atoms with Gasteiger partial charge < -0.3 is 9.88 Å². The molecule has 0 saturated carbocycles. The fourth-order valence-corrected chi connectivity index (χ4v) is 2.23. The number of pyridine rings is 1. The van der Waals surface area contributed by atoms with Crippen LogP contribution in [-0.4, -0.2) is 26.4 Å². The highest BCUT2D eigenvalue weighted by atomic mass is 32.2. The van der Waals surface area contributed by atoms with E-state index in [1.165, 1.54) is 47.5 Å². The van der Waals surface area contributed by atoms with Crippen LogP contribution in [0.5, 0.6) is 0 Å². The topological polar surface area (TPSA) is 113 Å². The molecule has 2 aromatic rings. The summed E-state index contributed by atoms with van der Waals surface area (Å²) in [6, 6.07) is 8.26. The predicted octanol–water partition coefficient (Wildman–Crippen LogP) is 0.299. The molecule has 1 heterocycles. The first-order valence-corrected chi connectivity index (χ1v) is 7.43. The van der Waals surface area contributed by atoms with Crippen molar-refractivity contribution in [2.24, 2.45) is 5.14 Å². The van der Waals surface area contributed by atoms with E-state index < -0.39 is 10.0 Å². The van der Waals surface area contributed by atoms with E-state index in [-0.39, 0.29) is 16.4 Å². The zero-order valence-electron chi connectivity index (χ0n) is 11.1. The van der Waals surface area contributed by atoms with E-state index in [0.29, 0.717) is 11.3 Å². The molecule has 3 N–H and O–H groups in total. The van der Waals surface area contributed by atoms with Gasteiger partial charge in [0.15, 0.2) is 0 Å². The first-order chi connectivity index (χ1) is 9.79. The van der Waals surface area contributed by atoms with E-state index in [1.54, 1.807) is 7.05 Å². The molecule has 110 valence electrons. The van der Waals surface area contributed by atoms with Crippen molar-refractivity contribution in [3.8, 4) is 0 Å². The molecule has 1 aromatic heterocycles. The quantitative estimate of drug-likeness (QED) is 0.848. The normalized spacial score (nSPS) is 11.1. The van der Waals surface area contributed by atoms with E-state index in [2.05, 4.69) is 4.98 Å². The summed E-state index contributed by atoms with van der Waals surface area (Å²) in [5, 5.41) is 5.01. The lowest BCUT2D eigenvalue weighted by atomic mass is 10.2. The Morgan fingerprint density at radius 3 is 2.24 bits per heavy atom. The number of carbonyl (C=O) groups excluding carboxylic acids is 1. The minimum absolute atomic E-state index is 0.0314. The van der Waals surface area contributed by atoms with Gasteiger partial charge in [0.1, 0.15) is 0 Å². The number of primary sulfonamides is 1. The molecule has 7 nitrogen and oxygen atoms in total. The average Bonchev–Trinajstić information content (AvgIpc) is 2.46. The van der Waals surface area contributed by atoms with Gasteiger partial charge in [-0.2, -0.15) is 0 Å². The van der Waals surface area contributed by atoms with Crippen molar-refractivity contribution in [3.63, 3.8) is 0 Å². The number of hydrogen-bond donors (Lipinski definition) is 2. The molecule has 0 atom stereocenters. The van der Waals surface area contributed by atoms with E-state index in [9.17, 15) is 18.0 Å². The van der Waals surface area contributed by atoms with Crippen molar-refractivity contribution < 1.29 is 13.2 Å². The van der Waals surface area contributed by atoms with E-state index in [1.807, 2.05) is 0 Å². The number of nitrogens with two attached hydrogens (primary N) is 1. The molecule has 0 aliphatic heterocycles. The van der Waals surface area contributed by atoms with Gasteiger partial charge in [0.25, 0.3) is 5.91 Å². The standard InChI is InChI=1S/C13H13N3O4S/c1-16(13(18)9-2-7-12(17)15-8-9)10-3-5-11(6-4-10)21(14,19)20/h2-8H,1H3,(H,15,17)(H2,14,19,20). The molecule has 0 saturated heterocycles. The van der Waals surface area contributed by atoms with Gasteiger partial charge >= 0.3 is 0 Å². The third-order valence-electron chi connectivity index (χ3n) is 2.89. The maximum Gasteiger partial charge on any atom is 0.259 e. The Morgan fingerprint density at radius 1 is 1.14 bits per heavy atom. The molecule has 8 heteroatoms. The molecule has 2 rings (SSSR count). The summed E-state index contributed by atoms with van der Waals surface area (Å²) in [5.74, 6) is -0.338. The van der Waals surface area contributed by atoms with Crippen LogP contribution in [0.1, 0.15) is 10.4 Å². The van der Waals surface area contributed by atoms with Gasteiger partial charge in [-0.25, -0.2) is 13.6 Å². The fraction of sp³-hybridized carbons (Fsp3) is 0.0769. The zero-order chi connectivity index (χ0) is 15.6. The van der Waals surface area contributed by atoms with Crippen molar-refractivity contribution >= 4 is 21.6 Å². The monoisotopic (exact) mass is 307 g/mol. The average molecular weight is 307 g/mol. The number of hydrogen-bond acceptors (Lipinski definition) is 4. The summed E-state index contributed by atoms with van der Waals surface area (Å²) < 4.78 is 22.3. The summed E-state index contributed by atoms with van der Waals surface area (Å²) in [6.07, 6.45) is 1.32. The molecular formula is C13H13N3O4S. The second-order valence-electron chi connectivity index (χ2n) is 4.34. The lowest BCUT2D eigenvalue weighted by Crippen LogP contribution is -2.27. The molecule has 0 unspecified atom stereocenters. The number of nitrogens with zero attached hydrogens (tertiary/aromatic N) is 1. The maximum absolute atomic E-state index is 12.2. The molecule has 0 bridgehead atoms. The predicted molar refractivity (Wildman–Crippen MR) is 77.6 cm³/mol. The number of H-pyrrole nitrogens is 1. The number of anilines is 1. The zero-order valence-corrected chi connectivity index (χ0v) is 11.9. The Bertz CT molecular complexity index is 805. The lowest BCUT2D eigenvalue weighted by molar-refractivity contribution is 0.0992. The molecule has 0 aliphatic carbocycles. The van der Waals surface area contributed by atoms with Crippen molar-refractivity contribution in [2.75, 3.05) is 11.9 Å². The van der Waals surface area contributed by atoms with Crippen LogP contribution in [0.15, 0.2) is 52.3 Å². The SMILES string of the molecule is CN(C(=O)c1ccc(=O)[nH]c1)c1ccc(S(N)(=O)=O)cc1. The van der Waals surface area contributed by atoms with Crippen molar-refractivity contribution in [2.45, 2.75) is 4.90 Å². The van der Waals surface area contributed by atoms with Crippen LogP contribution in [0.4, 0.5) is 5.69 Å². The lowest BCUT2D eigenvalue weighted by Gasteiger charge is -2.17. The van der Waals surface area contributed by atoms with Crippen LogP contribution < -0.4 is 15.6 Å². The minimum atomic E-state index is -3.77. The van der Waals surface area contributed by atoms with E-state index in [4.69, 9.17) is 5.14 Å². The van der Waals surface area contributed by atoms with Gasteiger partial charge in [0.2, 0.25) is 15.6 Å². The van der Waals surface area contributed by atoms with Crippen LogP contribution in [0.2, 0.25) is 0 Å². The molecule has 0 fully saturated rings. The van der Waals surface area contributed by atoms with Crippen LogP contribution in [0.3, 0.4) is 0 Å². The summed E-state index contributed by atoms with van der Waals surface area (Å²) in [4.78, 5) is 26.9. The maximum atomic E-state index is 12.2. The Kier molecular flexibility index (Phi) is 3.92. The van der Waals surface area contributed by atoms with Crippen LogP contribution in [0, 0.1) is 0 Å². The molecule has 0 spiro atoms. The Hall–Kier alpha value is -2.45. The molecule has 21 heavy (non-hydrogen) atoms. The number of carbonyl (C=O) groups is 1. The van der Waals surface area contributed by atoms with Gasteiger partial charge in [-0.3, -0.25) is 9.59 Å². The van der Waals surface area contributed by atoms with Crippen molar-refractivity contribution in [3.05, 3.63) is 58.5 Å². The molecule has 0 radical (unpaired) electrons. The first-order valence-electron chi connectivity index (χ1n) is 5.89. The Balaban J connectivity index is 2.27. The minimum Gasteiger partial charge on any atom is -0.328 e. The van der Waals surface area contributed by atoms with Crippen LogP contribution in [-0.2, 0) is 10.0 Å². The Morgan fingerprint density at radius 2 is 1.76 bits per heavy atom. The molecular weight excluding hydrogens is 294 g/mol. The number of rotatable bonds is 3. The third kappa shape index (κ3) is 3.36. The van der Waals surface area contributed by atoms with E-state index in [0.717, 1.165) is 0 Å². The van der Waals surface area contributed by atoms with Gasteiger partial charge in [0, 0.05) is 25.0 Å². The van der Waals surface area contributed by atoms with Crippen molar-refractivity contribution in [1.82, 2.24) is 4.98 Å². The molecule has 0 aliphatic rings. The highest BCUT2D eigenvalue weighted by Crippen LogP contribution is 2.17. The summed E-state index contributed by atoms with van der Waals surface area (Å²) in [5.41, 5.74) is 0.512. The van der Waals surface area contributed by atoms with Crippen LogP contribution >= 0.6 is 0 Å². The van der Waals surface area contributed by atoms with Gasteiger partial charge in [-0.1, -0.05) is 0 Å². The second-order valence-corrected chi connectivity index (χ2v) is 5.91. The van der Waals surface area contributed by atoms with Crippen molar-refractivity contribution in [1.29, 1.82) is 0 Å². The first kappa shape index (κ1) is 14.9. The van der Waals surface area contributed by atoms with Gasteiger partial charge in [0.05, 0.1) is 10.5 Å². The van der Waals surface area contributed by atoms with Crippen LogP contribution in [0.25, 0.3) is 0 Å². The summed E-state index contributed by atoms with van der Waals surface area (Å²) in [6.45, 7) is 0. The summed E-state index contributed by atoms with van der Waals surface area (Å²) >= 11 is 0. The van der Waals surface area contributed by atoms with Gasteiger partial charge in [-0.05, 0) is 30.3 Å². The number of benzene rings is 1. The highest BCUT2D eigenvalue weighted by Gasteiger charge is 2.14. The third-order valence-corrected chi connectivity index (χ3v) is 3.82. The molecule has 1 amide bonds. The number of aromatic nitrogens is 1. The van der Waals surface area contributed by atoms with E-state index >= 15 is 0 Å². The second kappa shape index (κ2) is 5.51. The Labute approximate surface area is 121 Å². The number of sulfonamides is 1. The molecule has 1 aromatic carbocycles. The number of aromatic amines is 1. The smallest absolute Gasteiger partial charge is 0.259 e. The fourth-order valence-electron chi connectivity index (χ4n) is 1.71. The van der Waals surface area contributed by atoms with Gasteiger partial charge in [-0.15, -0.1) is 0 Å². The number of amides is 1. The largest absolute Gasteiger partial charge is 0.328 e. The summed E-state index contributed by atoms with van der Waals surface area (Å²) in [7, 11) is -2.22.